The van der Waals surface area contributed by atoms with Crippen LogP contribution in [0.4, 0.5) is 4.79 Å². The second-order valence-electron chi connectivity index (χ2n) is 4.99. The quantitative estimate of drug-likeness (QED) is 0.886. The summed E-state index contributed by atoms with van der Waals surface area (Å²) in [5.74, 6) is 0. The number of amides is 1. The lowest BCUT2D eigenvalue weighted by atomic mass is 10.0. The highest BCUT2D eigenvalue weighted by molar-refractivity contribution is 5.84. The summed E-state index contributed by atoms with van der Waals surface area (Å²) in [5, 5.41) is 2.60. The maximum absolute atomic E-state index is 11.4. The highest BCUT2D eigenvalue weighted by Gasteiger charge is 2.22. The third-order valence-electron chi connectivity index (χ3n) is 3.06. The van der Waals surface area contributed by atoms with Crippen molar-refractivity contribution in [3.63, 3.8) is 0 Å². The van der Waals surface area contributed by atoms with Gasteiger partial charge in [-0.2, -0.15) is 0 Å². The lowest BCUT2D eigenvalue weighted by Crippen LogP contribution is -2.28. The number of benzene rings is 1. The van der Waals surface area contributed by atoms with E-state index >= 15 is 0 Å². The van der Waals surface area contributed by atoms with E-state index in [1.807, 2.05) is 0 Å². The molecule has 0 unspecified atom stereocenters. The monoisotopic (exact) mass is 294 g/mol. The van der Waals surface area contributed by atoms with Gasteiger partial charge in [0.25, 0.3) is 0 Å². The van der Waals surface area contributed by atoms with E-state index in [4.69, 9.17) is 9.60 Å². The van der Waals surface area contributed by atoms with Gasteiger partial charge in [-0.1, -0.05) is 6.07 Å². The number of rotatable bonds is 5. The van der Waals surface area contributed by atoms with Crippen molar-refractivity contribution in [3.8, 4) is 0 Å². The predicted octanol–water partition coefficient (Wildman–Crippen LogP) is 1.92. The summed E-state index contributed by atoms with van der Waals surface area (Å²) in [4.78, 5) is 15.5. The molecule has 0 aliphatic carbocycles. The van der Waals surface area contributed by atoms with Crippen molar-refractivity contribution in [2.24, 2.45) is 0 Å². The van der Waals surface area contributed by atoms with Crippen LogP contribution in [0.1, 0.15) is 20.7 Å². The molecule has 1 atom stereocenters. The number of aryl methyl sites for hydroxylation is 1. The van der Waals surface area contributed by atoms with Gasteiger partial charge in [-0.25, -0.2) is 4.79 Å². The smallest absolute Gasteiger partial charge is 0.407 e. The molecule has 1 saturated heterocycles. The Kier molecular flexibility index (Phi) is 2.16. The Morgan fingerprint density at radius 1 is 1.57 bits per heavy atom. The van der Waals surface area contributed by atoms with Gasteiger partial charge in [-0.15, -0.1) is 0 Å². The van der Waals surface area contributed by atoms with E-state index in [0.717, 1.165) is 4.90 Å². The first kappa shape index (κ1) is 7.84. The molecule has 112 valence electrons. The van der Waals surface area contributed by atoms with Crippen molar-refractivity contribution in [3.05, 3.63) is 35.5 Å². The van der Waals surface area contributed by atoms with Gasteiger partial charge in [-0.3, -0.25) is 0 Å². The SMILES string of the molecule is [2H]C([2H])(c1c[nH]c2ccc(C[C@]3([2H])NC(=O)OC3([2H])[2H])cc12)C([2H])([2H])N(C)C. The van der Waals surface area contributed by atoms with Gasteiger partial charge in [0.2, 0.25) is 0 Å². The molecule has 0 bridgehead atoms. The molecule has 1 aromatic carbocycles. The molecular formula is C16H21N3O2. The van der Waals surface area contributed by atoms with Crippen LogP contribution < -0.4 is 5.32 Å². The number of aromatic amines is 1. The zero-order valence-electron chi connectivity index (χ0n) is 18.8. The number of hydrogen-bond acceptors (Lipinski definition) is 3. The predicted molar refractivity (Wildman–Crippen MR) is 82.5 cm³/mol. The number of ether oxygens (including phenoxy) is 1. The molecule has 21 heavy (non-hydrogen) atoms. The Morgan fingerprint density at radius 2 is 2.43 bits per heavy atom. The van der Waals surface area contributed by atoms with Gasteiger partial charge in [0.15, 0.2) is 0 Å². The van der Waals surface area contributed by atoms with E-state index < -0.39 is 31.5 Å². The van der Waals surface area contributed by atoms with Crippen molar-refractivity contribution >= 4 is 17.0 Å². The molecule has 2 heterocycles. The highest BCUT2D eigenvalue weighted by atomic mass is 16.6. The Balaban J connectivity index is 2.03. The summed E-state index contributed by atoms with van der Waals surface area (Å²) in [5.41, 5.74) is 1.15. The van der Waals surface area contributed by atoms with E-state index in [0.29, 0.717) is 16.5 Å². The lowest BCUT2D eigenvalue weighted by Gasteiger charge is -2.09. The molecular weight excluding hydrogens is 266 g/mol. The van der Waals surface area contributed by atoms with Crippen LogP contribution in [0.25, 0.3) is 10.9 Å². The average molecular weight is 294 g/mol. The zero-order valence-corrected chi connectivity index (χ0v) is 11.8. The largest absolute Gasteiger partial charge is 0.447 e. The Hall–Kier alpha value is -2.01. The number of hydrogen-bond donors (Lipinski definition) is 2. The minimum absolute atomic E-state index is 0.108. The number of alkyl carbamates (subject to hydrolysis) is 1. The van der Waals surface area contributed by atoms with Crippen LogP contribution in [-0.4, -0.2) is 49.1 Å². The number of fused-ring (bicyclic) bond motifs is 1. The summed E-state index contributed by atoms with van der Waals surface area (Å²) in [6.07, 6.45) is -2.17. The van der Waals surface area contributed by atoms with Crippen LogP contribution in [-0.2, 0) is 17.5 Å². The van der Waals surface area contributed by atoms with Crippen LogP contribution in [0, 0.1) is 0 Å². The summed E-state index contributed by atoms with van der Waals surface area (Å²) in [6, 6.07) is 2.81. The topological polar surface area (TPSA) is 57.4 Å². The van der Waals surface area contributed by atoms with Crippen LogP contribution in [0.15, 0.2) is 24.4 Å². The van der Waals surface area contributed by atoms with Crippen molar-refractivity contribution in [1.82, 2.24) is 15.2 Å². The molecule has 1 aliphatic heterocycles. The number of cyclic esters (lactones) is 1. The number of likely N-dealkylation sites (N-methyl/N-ethyl adjacent to an activating group) is 1. The number of nitrogens with zero attached hydrogens (tertiary/aromatic N) is 1. The molecule has 5 heteroatoms. The second-order valence-corrected chi connectivity index (χ2v) is 4.99. The molecule has 0 spiro atoms. The number of H-pyrrole nitrogens is 1. The van der Waals surface area contributed by atoms with E-state index in [1.165, 1.54) is 20.3 Å². The Bertz CT molecular complexity index is 928. The van der Waals surface area contributed by atoms with Crippen LogP contribution in [0.3, 0.4) is 0 Å². The van der Waals surface area contributed by atoms with Gasteiger partial charge in [0.1, 0.15) is 6.56 Å². The first-order valence-corrected chi connectivity index (χ1v) is 6.50. The maximum atomic E-state index is 11.4. The molecule has 1 aromatic heterocycles. The van der Waals surface area contributed by atoms with Crippen molar-refractivity contribution < 1.29 is 19.1 Å². The van der Waals surface area contributed by atoms with E-state index in [1.54, 1.807) is 18.2 Å². The molecule has 1 aliphatic rings. The van der Waals surface area contributed by atoms with Crippen molar-refractivity contribution in [2.75, 3.05) is 27.2 Å². The molecule has 1 fully saturated rings. The Morgan fingerprint density at radius 3 is 3.14 bits per heavy atom. The standard InChI is InChI=1S/C16H21N3O2/c1-19(2)6-5-12-9-17-15-4-3-11(8-14(12)15)7-13-10-21-16(20)18-13/h3-4,8-9,13,17H,5-7,10H2,1-2H3,(H,18,20)/t13-/m0/s1/i5D2,6D2,10D2,13D. The molecule has 1 amide bonds. The molecule has 2 aromatic rings. The first-order chi connectivity index (χ1) is 12.7. The minimum atomic E-state index is -2.53. The summed E-state index contributed by atoms with van der Waals surface area (Å²) < 4.78 is 61.4. The molecule has 3 rings (SSSR count). The third-order valence-corrected chi connectivity index (χ3v) is 3.06. The van der Waals surface area contributed by atoms with Gasteiger partial charge >= 0.3 is 6.09 Å². The van der Waals surface area contributed by atoms with Crippen LogP contribution >= 0.6 is 0 Å². The third kappa shape index (κ3) is 3.19. The fraction of sp³-hybridized carbons (Fsp3) is 0.438. The maximum Gasteiger partial charge on any atom is 0.407 e. The Labute approximate surface area is 134 Å². The van der Waals surface area contributed by atoms with E-state index in [-0.39, 0.29) is 12.0 Å². The molecule has 2 N–H and O–H groups in total. The number of carbonyl (C=O) groups is 1. The van der Waals surface area contributed by atoms with E-state index in [2.05, 4.69) is 15.0 Å². The molecule has 5 nitrogen and oxygen atoms in total. The molecule has 0 saturated carbocycles. The number of aromatic nitrogens is 1. The van der Waals surface area contributed by atoms with Gasteiger partial charge in [0, 0.05) is 29.1 Å². The zero-order chi connectivity index (χ0) is 21.1. The van der Waals surface area contributed by atoms with E-state index in [9.17, 15) is 4.79 Å². The summed E-state index contributed by atoms with van der Waals surface area (Å²) in [7, 11) is 2.90. The number of nitrogens with one attached hydrogen (secondary N) is 2. The fourth-order valence-electron chi connectivity index (χ4n) is 2.12. The first-order valence-electron chi connectivity index (χ1n) is 10.0. The average Bonchev–Trinajstić information content (AvgIpc) is 3.04. The van der Waals surface area contributed by atoms with Gasteiger partial charge in [-0.05, 0) is 50.1 Å². The van der Waals surface area contributed by atoms with Gasteiger partial charge in [0.05, 0.1) is 10.1 Å². The highest BCUT2D eigenvalue weighted by Crippen LogP contribution is 2.21. The van der Waals surface area contributed by atoms with Crippen molar-refractivity contribution in [2.45, 2.75) is 18.8 Å². The minimum Gasteiger partial charge on any atom is -0.447 e. The van der Waals surface area contributed by atoms with Crippen molar-refractivity contribution in [1.29, 1.82) is 0 Å². The summed E-state index contributed by atoms with van der Waals surface area (Å²) >= 11 is 0. The number of carbonyl (C=O) groups excluding carboxylic acids is 1. The second kappa shape index (κ2) is 5.77. The van der Waals surface area contributed by atoms with Crippen LogP contribution in [0.2, 0.25) is 0 Å². The fourth-order valence-corrected chi connectivity index (χ4v) is 2.12. The normalized spacial score (nSPS) is 30.4. The lowest BCUT2D eigenvalue weighted by molar-refractivity contribution is 0.177. The van der Waals surface area contributed by atoms with Crippen LogP contribution in [0.5, 0.6) is 0 Å². The molecule has 0 radical (unpaired) electrons. The van der Waals surface area contributed by atoms with Gasteiger partial charge < -0.3 is 19.9 Å². The summed E-state index contributed by atoms with van der Waals surface area (Å²) in [6.45, 7) is -4.82.